The van der Waals surface area contributed by atoms with Crippen molar-refractivity contribution in [1.29, 1.82) is 0 Å². The quantitative estimate of drug-likeness (QED) is 0.540. The first-order chi connectivity index (χ1) is 15.0. The number of benzene rings is 1. The number of pyridine rings is 1. The minimum atomic E-state index is -0.0381. The van der Waals surface area contributed by atoms with Gasteiger partial charge in [0.05, 0.1) is 17.8 Å². The Labute approximate surface area is 189 Å². The molecular formula is C25H30N4OS. The lowest BCUT2D eigenvalue weighted by Crippen LogP contribution is -2.31. The molecule has 0 amide bonds. The van der Waals surface area contributed by atoms with Gasteiger partial charge < -0.3 is 19.9 Å². The van der Waals surface area contributed by atoms with Crippen LogP contribution in [0.2, 0.25) is 0 Å². The molecular weight excluding hydrogens is 404 g/mol. The summed E-state index contributed by atoms with van der Waals surface area (Å²) >= 11 is 5.71. The maximum atomic E-state index is 9.44. The number of thiocarbonyl (C=S) groups is 1. The van der Waals surface area contributed by atoms with Gasteiger partial charge in [0.25, 0.3) is 0 Å². The zero-order valence-corrected chi connectivity index (χ0v) is 19.2. The number of aromatic nitrogens is 2. The Morgan fingerprint density at radius 3 is 2.55 bits per heavy atom. The molecule has 1 aromatic carbocycles. The molecule has 2 N–H and O–H groups in total. The highest BCUT2D eigenvalue weighted by molar-refractivity contribution is 7.80. The third-order valence-corrected chi connectivity index (χ3v) is 6.50. The smallest absolute Gasteiger partial charge is 0.170 e. The van der Waals surface area contributed by atoms with Crippen LogP contribution in [0.1, 0.15) is 53.6 Å². The minimum absolute atomic E-state index is 0.0174. The molecule has 1 saturated heterocycles. The van der Waals surface area contributed by atoms with E-state index in [1.165, 1.54) is 28.2 Å². The van der Waals surface area contributed by atoms with Crippen molar-refractivity contribution in [2.45, 2.75) is 45.7 Å². The molecule has 31 heavy (non-hydrogen) atoms. The molecule has 0 saturated carbocycles. The van der Waals surface area contributed by atoms with Crippen molar-refractivity contribution in [3.63, 3.8) is 0 Å². The van der Waals surface area contributed by atoms with Gasteiger partial charge in [-0.05, 0) is 80.4 Å². The van der Waals surface area contributed by atoms with Gasteiger partial charge in [-0.25, -0.2) is 0 Å². The second-order valence-electron chi connectivity index (χ2n) is 8.08. The summed E-state index contributed by atoms with van der Waals surface area (Å²) in [6.07, 6.45) is 3.53. The fraction of sp³-hybridized carbons (Fsp3) is 0.360. The summed E-state index contributed by atoms with van der Waals surface area (Å²) in [4.78, 5) is 6.82. The Bertz CT molecular complexity index is 1050. The molecule has 0 bridgehead atoms. The van der Waals surface area contributed by atoms with E-state index in [1.54, 1.807) is 0 Å². The highest BCUT2D eigenvalue weighted by atomic mass is 32.1. The van der Waals surface area contributed by atoms with Crippen molar-refractivity contribution < 1.29 is 5.11 Å². The van der Waals surface area contributed by atoms with Crippen molar-refractivity contribution in [2.24, 2.45) is 0 Å². The van der Waals surface area contributed by atoms with Gasteiger partial charge in [0.15, 0.2) is 5.11 Å². The van der Waals surface area contributed by atoms with Gasteiger partial charge in [0.2, 0.25) is 0 Å². The van der Waals surface area contributed by atoms with Gasteiger partial charge in [0, 0.05) is 36.4 Å². The fourth-order valence-electron chi connectivity index (χ4n) is 4.59. The number of rotatable bonds is 7. The van der Waals surface area contributed by atoms with Gasteiger partial charge in [-0.15, -0.1) is 0 Å². The van der Waals surface area contributed by atoms with E-state index in [2.05, 4.69) is 70.9 Å². The fourth-order valence-corrected chi connectivity index (χ4v) is 4.92. The largest absolute Gasteiger partial charge is 0.396 e. The van der Waals surface area contributed by atoms with Gasteiger partial charge >= 0.3 is 0 Å². The van der Waals surface area contributed by atoms with Crippen molar-refractivity contribution in [3.05, 3.63) is 82.9 Å². The summed E-state index contributed by atoms with van der Waals surface area (Å²) in [7, 11) is 0. The molecule has 2 aromatic heterocycles. The monoisotopic (exact) mass is 434 g/mol. The summed E-state index contributed by atoms with van der Waals surface area (Å²) < 4.78 is 2.32. The van der Waals surface area contributed by atoms with Crippen LogP contribution in [0.5, 0.6) is 0 Å². The van der Waals surface area contributed by atoms with Gasteiger partial charge in [-0.2, -0.15) is 0 Å². The molecule has 0 radical (unpaired) electrons. The van der Waals surface area contributed by atoms with Gasteiger partial charge in [-0.1, -0.05) is 25.1 Å². The highest BCUT2D eigenvalue weighted by Crippen LogP contribution is 2.41. The average molecular weight is 435 g/mol. The summed E-state index contributed by atoms with van der Waals surface area (Å²) in [6.45, 7) is 7.35. The highest BCUT2D eigenvalue weighted by Gasteiger charge is 2.41. The molecule has 1 aliphatic rings. The Morgan fingerprint density at radius 2 is 1.90 bits per heavy atom. The third-order valence-electron chi connectivity index (χ3n) is 6.15. The molecule has 4 rings (SSSR count). The summed E-state index contributed by atoms with van der Waals surface area (Å²) in [5, 5.41) is 13.6. The van der Waals surface area contributed by atoms with Crippen LogP contribution in [0.25, 0.3) is 5.69 Å². The summed E-state index contributed by atoms with van der Waals surface area (Å²) in [6, 6.07) is 17.0. The van der Waals surface area contributed by atoms with Crippen molar-refractivity contribution in [3.8, 4) is 5.69 Å². The number of hydrogen-bond donors (Lipinski definition) is 2. The standard InChI is InChI=1S/C25H30N4OS/c1-4-19-9-11-20(12-10-19)29-17(2)16-21(18(29)3)24-23(22-8-5-6-13-26-22)27-25(31)28(24)14-7-15-30/h5-6,8-13,16,23-24,30H,4,7,14-15H2,1-3H3,(H,27,31). The molecule has 5 nitrogen and oxygen atoms in total. The molecule has 3 aromatic rings. The van der Waals surface area contributed by atoms with E-state index in [-0.39, 0.29) is 18.7 Å². The summed E-state index contributed by atoms with van der Waals surface area (Å²) in [5.41, 5.74) is 7.10. The lowest BCUT2D eigenvalue weighted by Gasteiger charge is -2.28. The van der Waals surface area contributed by atoms with Crippen molar-refractivity contribution in [2.75, 3.05) is 13.2 Å². The normalized spacial score (nSPS) is 18.5. The Hall–Kier alpha value is -2.70. The lowest BCUT2D eigenvalue weighted by molar-refractivity contribution is 0.247. The Morgan fingerprint density at radius 1 is 1.13 bits per heavy atom. The van der Waals surface area contributed by atoms with Crippen LogP contribution in [0.4, 0.5) is 0 Å². The third kappa shape index (κ3) is 4.10. The number of aryl methyl sites for hydroxylation is 2. The average Bonchev–Trinajstić information content (AvgIpc) is 3.27. The van der Waals surface area contributed by atoms with Crippen LogP contribution in [0, 0.1) is 13.8 Å². The van der Waals surface area contributed by atoms with E-state index in [0.29, 0.717) is 18.1 Å². The first kappa shape index (κ1) is 21.5. The number of hydrogen-bond acceptors (Lipinski definition) is 3. The van der Waals surface area contributed by atoms with Crippen LogP contribution in [-0.4, -0.2) is 37.8 Å². The maximum absolute atomic E-state index is 9.44. The van der Waals surface area contributed by atoms with E-state index in [9.17, 15) is 5.11 Å². The number of aliphatic hydroxyl groups is 1. The predicted octanol–water partition coefficient (Wildman–Crippen LogP) is 4.41. The number of aliphatic hydroxyl groups excluding tert-OH is 1. The minimum Gasteiger partial charge on any atom is -0.396 e. The zero-order chi connectivity index (χ0) is 22.0. The molecule has 162 valence electrons. The van der Waals surface area contributed by atoms with Crippen LogP contribution >= 0.6 is 12.2 Å². The molecule has 0 aliphatic carbocycles. The summed E-state index contributed by atoms with van der Waals surface area (Å²) in [5.74, 6) is 0. The second-order valence-corrected chi connectivity index (χ2v) is 8.47. The Kier molecular flexibility index (Phi) is 6.39. The first-order valence-corrected chi connectivity index (χ1v) is 11.3. The number of nitrogens with one attached hydrogen (secondary N) is 1. The van der Waals surface area contributed by atoms with E-state index < -0.39 is 0 Å². The zero-order valence-electron chi connectivity index (χ0n) is 18.4. The Balaban J connectivity index is 1.79. The predicted molar refractivity (Wildman–Crippen MR) is 128 cm³/mol. The molecule has 6 heteroatoms. The molecule has 2 unspecified atom stereocenters. The maximum Gasteiger partial charge on any atom is 0.170 e. The lowest BCUT2D eigenvalue weighted by atomic mass is 9.96. The molecule has 3 heterocycles. The second kappa shape index (κ2) is 9.20. The van der Waals surface area contributed by atoms with Crippen LogP contribution < -0.4 is 5.32 Å². The van der Waals surface area contributed by atoms with E-state index >= 15 is 0 Å². The molecule has 2 atom stereocenters. The molecule has 0 spiro atoms. The molecule has 1 fully saturated rings. The topological polar surface area (TPSA) is 53.3 Å². The molecule has 1 aliphatic heterocycles. The first-order valence-electron chi connectivity index (χ1n) is 10.9. The van der Waals surface area contributed by atoms with Gasteiger partial charge in [-0.3, -0.25) is 4.98 Å². The number of nitrogens with zero attached hydrogens (tertiary/aromatic N) is 3. The van der Waals surface area contributed by atoms with Crippen LogP contribution in [0.3, 0.4) is 0 Å². The van der Waals surface area contributed by atoms with Gasteiger partial charge in [0.1, 0.15) is 0 Å². The van der Waals surface area contributed by atoms with Crippen LogP contribution in [0.15, 0.2) is 54.7 Å². The van der Waals surface area contributed by atoms with Crippen molar-refractivity contribution in [1.82, 2.24) is 19.8 Å². The SMILES string of the molecule is CCc1ccc(-n2c(C)cc(C3C(c4ccccn4)NC(=S)N3CCCO)c2C)cc1. The van der Waals surface area contributed by atoms with E-state index in [1.807, 2.05) is 24.4 Å². The van der Waals surface area contributed by atoms with E-state index in [4.69, 9.17) is 12.2 Å². The van der Waals surface area contributed by atoms with Crippen molar-refractivity contribution >= 4 is 17.3 Å². The van der Waals surface area contributed by atoms with Crippen LogP contribution in [-0.2, 0) is 6.42 Å². The van der Waals surface area contributed by atoms with E-state index in [0.717, 1.165) is 12.1 Å².